The normalized spacial score (nSPS) is 27.4. The molecule has 0 aromatic heterocycles. The number of amides is 1. The molecular weight excluding hydrogens is 346 g/mol. The van der Waals surface area contributed by atoms with Crippen molar-refractivity contribution in [2.45, 2.75) is 51.9 Å². The van der Waals surface area contributed by atoms with Crippen molar-refractivity contribution in [3.8, 4) is 5.75 Å². The van der Waals surface area contributed by atoms with Crippen LogP contribution in [0.25, 0.3) is 6.08 Å². The van der Waals surface area contributed by atoms with Gasteiger partial charge in [-0.1, -0.05) is 69.2 Å². The number of carbonyl (C=O) groups is 1. The Labute approximate surface area is 167 Å². The van der Waals surface area contributed by atoms with Crippen LogP contribution in [0.4, 0.5) is 5.69 Å². The summed E-state index contributed by atoms with van der Waals surface area (Å²) in [5.74, 6) is 0.907. The van der Waals surface area contributed by atoms with E-state index in [2.05, 4.69) is 31.3 Å². The minimum atomic E-state index is -0.122. The van der Waals surface area contributed by atoms with Crippen LogP contribution >= 0.6 is 0 Å². The highest BCUT2D eigenvalue weighted by Gasteiger charge is 2.31. The van der Waals surface area contributed by atoms with Crippen molar-refractivity contribution in [3.63, 3.8) is 0 Å². The molecule has 3 atom stereocenters. The van der Waals surface area contributed by atoms with Gasteiger partial charge in [0.2, 0.25) is 5.91 Å². The van der Waals surface area contributed by atoms with Crippen LogP contribution in [0.1, 0.15) is 68.6 Å². The number of aromatic hydroxyl groups is 1. The lowest BCUT2D eigenvalue weighted by Crippen LogP contribution is -2.24. The van der Waals surface area contributed by atoms with E-state index < -0.39 is 0 Å². The third-order valence-corrected chi connectivity index (χ3v) is 6.39. The minimum Gasteiger partial charge on any atom is -0.507 e. The number of allylic oxidation sites excluding steroid dienone is 1. The maximum atomic E-state index is 12.2. The fourth-order valence-corrected chi connectivity index (χ4v) is 4.98. The lowest BCUT2D eigenvalue weighted by molar-refractivity contribution is -0.116. The molecule has 1 heterocycles. The smallest absolute Gasteiger partial charge is 0.225 e. The Kier molecular flexibility index (Phi) is 5.01. The Morgan fingerprint density at radius 3 is 2.71 bits per heavy atom. The number of hydrogen-bond donors (Lipinski definition) is 2. The molecule has 0 saturated heterocycles. The van der Waals surface area contributed by atoms with E-state index in [1.54, 1.807) is 0 Å². The number of nitrogens with one attached hydrogen (secondary N) is 1. The van der Waals surface area contributed by atoms with Gasteiger partial charge in [-0.25, -0.2) is 0 Å². The molecular formula is C25H29NO2. The molecule has 2 aromatic rings. The standard InChI is InChI=1S/C25H29NO2/c1-17-7-6-13-25(2,16-17)14-12-19-10-11-21-23(24(19)28)20(15-22(27)26-21)18-8-4-3-5-9-18/h3-5,8-12,14,17,20,28H,6-7,13,15-16H2,1-2H3,(H,26,27)/b14-12+. The van der Waals surface area contributed by atoms with E-state index in [-0.39, 0.29) is 23.0 Å². The van der Waals surface area contributed by atoms with Crippen molar-refractivity contribution in [2.75, 3.05) is 5.32 Å². The van der Waals surface area contributed by atoms with Crippen molar-refractivity contribution in [3.05, 3.63) is 65.2 Å². The third kappa shape index (κ3) is 3.71. The first-order valence-corrected chi connectivity index (χ1v) is 10.3. The Morgan fingerprint density at radius 1 is 1.18 bits per heavy atom. The molecule has 1 saturated carbocycles. The van der Waals surface area contributed by atoms with Crippen molar-refractivity contribution < 1.29 is 9.90 Å². The maximum absolute atomic E-state index is 12.2. The van der Waals surface area contributed by atoms with Gasteiger partial charge in [0, 0.05) is 29.2 Å². The van der Waals surface area contributed by atoms with Crippen LogP contribution in [0, 0.1) is 11.3 Å². The van der Waals surface area contributed by atoms with Gasteiger partial charge in [0.15, 0.2) is 0 Å². The molecule has 0 spiro atoms. The number of anilines is 1. The number of phenolic OH excluding ortho intramolecular Hbond substituents is 1. The second-order valence-corrected chi connectivity index (χ2v) is 8.87. The monoisotopic (exact) mass is 375 g/mol. The highest BCUT2D eigenvalue weighted by Crippen LogP contribution is 2.45. The summed E-state index contributed by atoms with van der Waals surface area (Å²) in [5, 5.41) is 14.0. The lowest BCUT2D eigenvalue weighted by atomic mass is 9.71. The van der Waals surface area contributed by atoms with E-state index in [1.807, 2.05) is 42.5 Å². The van der Waals surface area contributed by atoms with Crippen LogP contribution in [0.15, 0.2) is 48.5 Å². The molecule has 0 bridgehead atoms. The predicted molar refractivity (Wildman–Crippen MR) is 114 cm³/mol. The van der Waals surface area contributed by atoms with E-state index in [0.717, 1.165) is 28.3 Å². The Balaban J connectivity index is 1.70. The number of benzene rings is 2. The Bertz CT molecular complexity index is 902. The van der Waals surface area contributed by atoms with Gasteiger partial charge in [0.25, 0.3) is 0 Å². The number of fused-ring (bicyclic) bond motifs is 1. The van der Waals surface area contributed by atoms with Crippen LogP contribution in [-0.4, -0.2) is 11.0 Å². The average Bonchev–Trinajstić information content (AvgIpc) is 2.67. The van der Waals surface area contributed by atoms with E-state index in [1.165, 1.54) is 25.7 Å². The highest BCUT2D eigenvalue weighted by molar-refractivity contribution is 5.96. The summed E-state index contributed by atoms with van der Waals surface area (Å²) in [5.41, 5.74) is 3.62. The highest BCUT2D eigenvalue weighted by atomic mass is 16.3. The first-order valence-electron chi connectivity index (χ1n) is 10.3. The van der Waals surface area contributed by atoms with Crippen molar-refractivity contribution in [1.29, 1.82) is 0 Å². The van der Waals surface area contributed by atoms with Crippen LogP contribution in [0.5, 0.6) is 5.75 Å². The van der Waals surface area contributed by atoms with E-state index in [4.69, 9.17) is 0 Å². The lowest BCUT2D eigenvalue weighted by Gasteiger charge is -2.34. The fourth-order valence-electron chi connectivity index (χ4n) is 4.98. The molecule has 146 valence electrons. The molecule has 1 amide bonds. The molecule has 1 aliphatic heterocycles. The van der Waals surface area contributed by atoms with Gasteiger partial charge in [-0.15, -0.1) is 0 Å². The SMILES string of the molecule is CC1CCCC(C)(/C=C/c2ccc3c(c2O)C(c2ccccc2)CC(=O)N3)C1. The summed E-state index contributed by atoms with van der Waals surface area (Å²) in [4.78, 5) is 12.2. The fraction of sp³-hybridized carbons (Fsp3) is 0.400. The molecule has 2 N–H and O–H groups in total. The molecule has 3 unspecified atom stereocenters. The van der Waals surface area contributed by atoms with Gasteiger partial charge in [-0.2, -0.15) is 0 Å². The van der Waals surface area contributed by atoms with Crippen LogP contribution in [0.2, 0.25) is 0 Å². The Morgan fingerprint density at radius 2 is 1.96 bits per heavy atom. The quantitative estimate of drug-likeness (QED) is 0.681. The van der Waals surface area contributed by atoms with E-state index in [0.29, 0.717) is 6.42 Å². The molecule has 3 nitrogen and oxygen atoms in total. The van der Waals surface area contributed by atoms with Crippen molar-refractivity contribution in [2.24, 2.45) is 11.3 Å². The average molecular weight is 376 g/mol. The summed E-state index contributed by atoms with van der Waals surface area (Å²) in [7, 11) is 0. The summed E-state index contributed by atoms with van der Waals surface area (Å²) >= 11 is 0. The number of hydrogen-bond acceptors (Lipinski definition) is 2. The molecule has 1 aliphatic carbocycles. The van der Waals surface area contributed by atoms with Crippen molar-refractivity contribution in [1.82, 2.24) is 0 Å². The van der Waals surface area contributed by atoms with E-state index >= 15 is 0 Å². The van der Waals surface area contributed by atoms with Gasteiger partial charge < -0.3 is 10.4 Å². The second kappa shape index (κ2) is 7.46. The van der Waals surface area contributed by atoms with Crippen molar-refractivity contribution >= 4 is 17.7 Å². The first-order chi connectivity index (χ1) is 13.5. The maximum Gasteiger partial charge on any atom is 0.225 e. The topological polar surface area (TPSA) is 49.3 Å². The summed E-state index contributed by atoms with van der Waals surface area (Å²) < 4.78 is 0. The second-order valence-electron chi connectivity index (χ2n) is 8.87. The number of carbonyl (C=O) groups excluding carboxylic acids is 1. The summed E-state index contributed by atoms with van der Waals surface area (Å²) in [6, 6.07) is 13.8. The van der Waals surface area contributed by atoms with Crippen LogP contribution < -0.4 is 5.32 Å². The predicted octanol–water partition coefficient (Wildman–Crippen LogP) is 6.10. The zero-order valence-electron chi connectivity index (χ0n) is 16.7. The molecule has 3 heteroatoms. The molecule has 0 radical (unpaired) electrons. The number of phenols is 1. The Hall–Kier alpha value is -2.55. The molecule has 4 rings (SSSR count). The number of rotatable bonds is 3. The zero-order valence-corrected chi connectivity index (χ0v) is 16.7. The third-order valence-electron chi connectivity index (χ3n) is 6.39. The summed E-state index contributed by atoms with van der Waals surface area (Å²) in [6.45, 7) is 4.65. The minimum absolute atomic E-state index is 0.00671. The largest absolute Gasteiger partial charge is 0.507 e. The van der Waals surface area contributed by atoms with E-state index in [9.17, 15) is 9.90 Å². The zero-order chi connectivity index (χ0) is 19.7. The molecule has 1 fully saturated rings. The molecule has 2 aliphatic rings. The van der Waals surface area contributed by atoms with Gasteiger partial charge in [-0.3, -0.25) is 4.79 Å². The van der Waals surface area contributed by atoms with Gasteiger partial charge in [0.05, 0.1) is 0 Å². The van der Waals surface area contributed by atoms with Crippen LogP contribution in [0.3, 0.4) is 0 Å². The van der Waals surface area contributed by atoms with Gasteiger partial charge >= 0.3 is 0 Å². The molecule has 28 heavy (non-hydrogen) atoms. The summed E-state index contributed by atoms with van der Waals surface area (Å²) in [6.07, 6.45) is 9.68. The van der Waals surface area contributed by atoms with Gasteiger partial charge in [0.1, 0.15) is 5.75 Å². The van der Waals surface area contributed by atoms with Crippen LogP contribution in [-0.2, 0) is 4.79 Å². The molecule has 2 aromatic carbocycles. The van der Waals surface area contributed by atoms with Gasteiger partial charge in [-0.05, 0) is 41.9 Å². The first kappa shape index (κ1) is 18.8.